The fourth-order valence-corrected chi connectivity index (χ4v) is 1.90. The molecule has 0 aliphatic heterocycles. The molecule has 0 radical (unpaired) electrons. The van der Waals surface area contributed by atoms with E-state index in [1.807, 2.05) is 12.1 Å². The lowest BCUT2D eigenvalue weighted by molar-refractivity contribution is 0.385. The van der Waals surface area contributed by atoms with Crippen molar-refractivity contribution in [3.05, 3.63) is 11.1 Å². The van der Waals surface area contributed by atoms with E-state index >= 15 is 0 Å². The Morgan fingerprint density at radius 1 is 1.23 bits per heavy atom. The summed E-state index contributed by atoms with van der Waals surface area (Å²) in [5, 5.41) is 17.5. The topological polar surface area (TPSA) is 47.6 Å². The van der Waals surface area contributed by atoms with Crippen molar-refractivity contribution < 1.29 is 0 Å². The van der Waals surface area contributed by atoms with Gasteiger partial charge in [0.25, 0.3) is 0 Å². The second kappa shape index (κ2) is 4.10. The number of rotatable bonds is 0. The molecule has 2 nitrogen and oxygen atoms in total. The van der Waals surface area contributed by atoms with Crippen molar-refractivity contribution in [3.8, 4) is 12.1 Å². The first-order chi connectivity index (χ1) is 6.19. The Hall–Kier alpha value is -1.28. The molecule has 0 amide bonds. The first-order valence-electron chi connectivity index (χ1n) is 4.72. The van der Waals surface area contributed by atoms with Gasteiger partial charge in [0, 0.05) is 0 Å². The van der Waals surface area contributed by atoms with Gasteiger partial charge in [-0.1, -0.05) is 13.8 Å². The normalized spacial score (nSPS) is 27.5. The van der Waals surface area contributed by atoms with Gasteiger partial charge >= 0.3 is 0 Å². The molecule has 1 fully saturated rings. The van der Waals surface area contributed by atoms with Gasteiger partial charge in [-0.05, 0) is 36.7 Å². The molecule has 0 aromatic carbocycles. The molecule has 0 saturated heterocycles. The SMILES string of the molecule is C[C@@H]1CC[C@H](C)C(=C(C#N)C#N)C1. The summed E-state index contributed by atoms with van der Waals surface area (Å²) >= 11 is 0. The highest BCUT2D eigenvalue weighted by Crippen LogP contribution is 2.34. The Balaban J connectivity index is 2.95. The van der Waals surface area contributed by atoms with Crippen LogP contribution in [0, 0.1) is 34.5 Å². The summed E-state index contributed by atoms with van der Waals surface area (Å²) in [5.74, 6) is 1.05. The summed E-state index contributed by atoms with van der Waals surface area (Å²) in [7, 11) is 0. The van der Waals surface area contributed by atoms with E-state index in [-0.39, 0.29) is 0 Å². The van der Waals surface area contributed by atoms with Crippen LogP contribution in [-0.2, 0) is 0 Å². The minimum absolute atomic E-state index is 0.346. The third-order valence-corrected chi connectivity index (χ3v) is 2.80. The smallest absolute Gasteiger partial charge is 0.129 e. The maximum Gasteiger partial charge on any atom is 0.129 e. The molecule has 0 unspecified atom stereocenters. The van der Waals surface area contributed by atoms with E-state index in [0.29, 0.717) is 17.4 Å². The number of nitriles is 2. The lowest BCUT2D eigenvalue weighted by atomic mass is 9.78. The maximum absolute atomic E-state index is 8.75. The molecule has 1 aliphatic carbocycles. The first-order valence-corrected chi connectivity index (χ1v) is 4.72. The zero-order chi connectivity index (χ0) is 9.84. The minimum Gasteiger partial charge on any atom is -0.192 e. The fourth-order valence-electron chi connectivity index (χ4n) is 1.90. The maximum atomic E-state index is 8.75. The number of hydrogen-bond acceptors (Lipinski definition) is 2. The predicted octanol–water partition coefficient (Wildman–Crippen LogP) is 2.79. The zero-order valence-electron chi connectivity index (χ0n) is 8.17. The van der Waals surface area contributed by atoms with E-state index in [1.165, 1.54) is 6.42 Å². The monoisotopic (exact) mass is 174 g/mol. The summed E-state index contributed by atoms with van der Waals surface area (Å²) in [4.78, 5) is 0. The average Bonchev–Trinajstić information content (AvgIpc) is 2.13. The van der Waals surface area contributed by atoms with Gasteiger partial charge < -0.3 is 0 Å². The molecule has 0 aromatic heterocycles. The molecule has 0 spiro atoms. The van der Waals surface area contributed by atoms with Crippen molar-refractivity contribution in [2.45, 2.75) is 33.1 Å². The summed E-state index contributed by atoms with van der Waals surface area (Å²) in [6, 6.07) is 3.98. The quantitative estimate of drug-likeness (QED) is 0.530. The van der Waals surface area contributed by atoms with Gasteiger partial charge in [0.1, 0.15) is 17.7 Å². The van der Waals surface area contributed by atoms with Crippen LogP contribution in [0.5, 0.6) is 0 Å². The third-order valence-electron chi connectivity index (χ3n) is 2.80. The minimum atomic E-state index is 0.346. The van der Waals surface area contributed by atoms with Crippen LogP contribution >= 0.6 is 0 Å². The van der Waals surface area contributed by atoms with Gasteiger partial charge in [-0.2, -0.15) is 10.5 Å². The fraction of sp³-hybridized carbons (Fsp3) is 0.636. The Bertz CT molecular complexity index is 285. The molecule has 2 atom stereocenters. The Morgan fingerprint density at radius 3 is 2.38 bits per heavy atom. The van der Waals surface area contributed by atoms with Crippen LogP contribution in [-0.4, -0.2) is 0 Å². The van der Waals surface area contributed by atoms with Crippen molar-refractivity contribution in [1.82, 2.24) is 0 Å². The second-order valence-electron chi connectivity index (χ2n) is 3.91. The van der Waals surface area contributed by atoms with E-state index in [9.17, 15) is 0 Å². The standard InChI is InChI=1S/C11H14N2/c1-8-3-4-9(2)11(5-8)10(6-12)7-13/h8-9H,3-5H2,1-2H3/t8-,9+/m1/s1. The number of allylic oxidation sites excluding steroid dienone is 2. The van der Waals surface area contributed by atoms with E-state index in [2.05, 4.69) is 13.8 Å². The molecule has 2 heteroatoms. The second-order valence-corrected chi connectivity index (χ2v) is 3.91. The third kappa shape index (κ3) is 2.10. The summed E-state index contributed by atoms with van der Waals surface area (Å²) in [5.41, 5.74) is 1.42. The van der Waals surface area contributed by atoms with Crippen LogP contribution in [0.2, 0.25) is 0 Å². The molecular formula is C11H14N2. The molecule has 0 aromatic rings. The predicted molar refractivity (Wildman–Crippen MR) is 50.4 cm³/mol. The molecular weight excluding hydrogens is 160 g/mol. The Morgan fingerprint density at radius 2 is 1.85 bits per heavy atom. The lowest BCUT2D eigenvalue weighted by Gasteiger charge is -2.26. The van der Waals surface area contributed by atoms with Crippen LogP contribution in [0.15, 0.2) is 11.1 Å². The van der Waals surface area contributed by atoms with Crippen molar-refractivity contribution in [2.24, 2.45) is 11.8 Å². The van der Waals surface area contributed by atoms with Crippen LogP contribution in [0.25, 0.3) is 0 Å². The molecule has 1 saturated carbocycles. The van der Waals surface area contributed by atoms with Crippen molar-refractivity contribution in [3.63, 3.8) is 0 Å². The van der Waals surface area contributed by atoms with Gasteiger partial charge in [0.05, 0.1) is 0 Å². The Kier molecular flexibility index (Phi) is 3.09. The van der Waals surface area contributed by atoms with Gasteiger partial charge in [-0.3, -0.25) is 0 Å². The highest BCUT2D eigenvalue weighted by atomic mass is 14.3. The summed E-state index contributed by atoms with van der Waals surface area (Å²) in [6.45, 7) is 4.29. The van der Waals surface area contributed by atoms with Gasteiger partial charge in [-0.15, -0.1) is 0 Å². The van der Waals surface area contributed by atoms with Crippen LogP contribution in [0.1, 0.15) is 33.1 Å². The van der Waals surface area contributed by atoms with Crippen molar-refractivity contribution >= 4 is 0 Å². The first kappa shape index (κ1) is 9.81. The van der Waals surface area contributed by atoms with E-state index in [0.717, 1.165) is 18.4 Å². The lowest BCUT2D eigenvalue weighted by Crippen LogP contribution is -2.14. The molecule has 0 heterocycles. The molecule has 1 rings (SSSR count). The number of nitrogens with zero attached hydrogens (tertiary/aromatic N) is 2. The van der Waals surface area contributed by atoms with Crippen LogP contribution < -0.4 is 0 Å². The largest absolute Gasteiger partial charge is 0.192 e. The van der Waals surface area contributed by atoms with E-state index in [1.54, 1.807) is 0 Å². The van der Waals surface area contributed by atoms with Gasteiger partial charge in [-0.25, -0.2) is 0 Å². The van der Waals surface area contributed by atoms with Crippen molar-refractivity contribution in [1.29, 1.82) is 10.5 Å². The van der Waals surface area contributed by atoms with Crippen molar-refractivity contribution in [2.75, 3.05) is 0 Å². The van der Waals surface area contributed by atoms with Gasteiger partial charge in [0.15, 0.2) is 0 Å². The highest BCUT2D eigenvalue weighted by molar-refractivity contribution is 5.41. The molecule has 0 bridgehead atoms. The highest BCUT2D eigenvalue weighted by Gasteiger charge is 2.22. The molecule has 0 N–H and O–H groups in total. The van der Waals surface area contributed by atoms with E-state index in [4.69, 9.17) is 10.5 Å². The summed E-state index contributed by atoms with van der Waals surface area (Å²) in [6.07, 6.45) is 3.26. The van der Waals surface area contributed by atoms with Gasteiger partial charge in [0.2, 0.25) is 0 Å². The number of hydrogen-bond donors (Lipinski definition) is 0. The van der Waals surface area contributed by atoms with E-state index < -0.39 is 0 Å². The molecule has 1 aliphatic rings. The van der Waals surface area contributed by atoms with Crippen LogP contribution in [0.4, 0.5) is 0 Å². The molecule has 13 heavy (non-hydrogen) atoms. The molecule has 68 valence electrons. The summed E-state index contributed by atoms with van der Waals surface area (Å²) < 4.78 is 0. The van der Waals surface area contributed by atoms with Crippen LogP contribution in [0.3, 0.4) is 0 Å². The Labute approximate surface area is 79.5 Å². The average molecular weight is 174 g/mol. The zero-order valence-corrected chi connectivity index (χ0v) is 8.17.